The van der Waals surface area contributed by atoms with Crippen LogP contribution in [0.3, 0.4) is 0 Å². The van der Waals surface area contributed by atoms with E-state index in [1.165, 1.54) is 16.7 Å². The van der Waals surface area contributed by atoms with Crippen molar-refractivity contribution >= 4 is 21.6 Å². The number of benzene rings is 2. The lowest BCUT2D eigenvalue weighted by molar-refractivity contribution is 0.416. The summed E-state index contributed by atoms with van der Waals surface area (Å²) in [7, 11) is 1.70. The topological polar surface area (TPSA) is 21.3 Å². The molecule has 100 valence electrons. The first-order chi connectivity index (χ1) is 9.10. The van der Waals surface area contributed by atoms with Crippen molar-refractivity contribution in [3.63, 3.8) is 0 Å². The normalized spacial score (nSPS) is 10.3. The van der Waals surface area contributed by atoms with Gasteiger partial charge in [-0.1, -0.05) is 34.1 Å². The maximum atomic E-state index is 5.39. The summed E-state index contributed by atoms with van der Waals surface area (Å²) in [5, 5.41) is 3.41. The van der Waals surface area contributed by atoms with Gasteiger partial charge in [-0.05, 0) is 48.7 Å². The second-order valence-corrected chi connectivity index (χ2v) is 5.50. The van der Waals surface area contributed by atoms with Crippen LogP contribution >= 0.6 is 15.9 Å². The minimum absolute atomic E-state index is 0.776. The number of hydrogen-bond acceptors (Lipinski definition) is 2. The molecule has 0 heterocycles. The van der Waals surface area contributed by atoms with Gasteiger partial charge in [-0.15, -0.1) is 0 Å². The van der Waals surface area contributed by atoms with E-state index in [0.717, 1.165) is 22.5 Å². The molecule has 0 fully saturated rings. The van der Waals surface area contributed by atoms with Crippen molar-refractivity contribution in [1.82, 2.24) is 0 Å². The van der Waals surface area contributed by atoms with Gasteiger partial charge in [0.15, 0.2) is 0 Å². The Morgan fingerprint density at radius 2 is 1.89 bits per heavy atom. The van der Waals surface area contributed by atoms with Gasteiger partial charge in [0.2, 0.25) is 0 Å². The first-order valence-electron chi connectivity index (χ1n) is 6.23. The van der Waals surface area contributed by atoms with E-state index in [9.17, 15) is 0 Å². The van der Waals surface area contributed by atoms with Crippen molar-refractivity contribution in [3.8, 4) is 5.75 Å². The Kier molecular flexibility index (Phi) is 4.48. The number of halogens is 1. The minimum atomic E-state index is 0.776. The first-order valence-corrected chi connectivity index (χ1v) is 7.03. The molecule has 2 nitrogen and oxygen atoms in total. The van der Waals surface area contributed by atoms with Crippen LogP contribution in [0.1, 0.15) is 16.7 Å². The summed E-state index contributed by atoms with van der Waals surface area (Å²) < 4.78 is 6.53. The highest BCUT2D eigenvalue weighted by Gasteiger charge is 2.03. The third-order valence-electron chi connectivity index (χ3n) is 3.08. The largest absolute Gasteiger partial charge is 0.495 e. The fourth-order valence-corrected chi connectivity index (χ4v) is 2.31. The third-order valence-corrected chi connectivity index (χ3v) is 3.93. The summed E-state index contributed by atoms with van der Waals surface area (Å²) in [6.07, 6.45) is 0. The maximum absolute atomic E-state index is 5.39. The van der Waals surface area contributed by atoms with Crippen LogP contribution in [-0.2, 0) is 6.54 Å². The molecule has 0 amide bonds. The van der Waals surface area contributed by atoms with E-state index in [1.807, 2.05) is 6.07 Å². The molecule has 19 heavy (non-hydrogen) atoms. The van der Waals surface area contributed by atoms with E-state index in [2.05, 4.69) is 65.4 Å². The van der Waals surface area contributed by atoms with E-state index in [-0.39, 0.29) is 0 Å². The molecule has 0 aliphatic carbocycles. The van der Waals surface area contributed by atoms with Gasteiger partial charge in [-0.3, -0.25) is 0 Å². The number of ether oxygens (including phenoxy) is 1. The van der Waals surface area contributed by atoms with Gasteiger partial charge >= 0.3 is 0 Å². The lowest BCUT2D eigenvalue weighted by Gasteiger charge is -2.12. The van der Waals surface area contributed by atoms with Gasteiger partial charge in [0.05, 0.1) is 12.8 Å². The molecule has 0 saturated carbocycles. The quantitative estimate of drug-likeness (QED) is 0.883. The summed E-state index contributed by atoms with van der Waals surface area (Å²) in [6.45, 7) is 4.92. The van der Waals surface area contributed by atoms with Crippen LogP contribution in [0.5, 0.6) is 5.75 Å². The molecule has 0 saturated heterocycles. The van der Waals surface area contributed by atoms with Crippen LogP contribution in [0.2, 0.25) is 0 Å². The number of nitrogens with one attached hydrogen (secondary N) is 1. The number of hydrogen-bond donors (Lipinski definition) is 1. The second-order valence-electron chi connectivity index (χ2n) is 4.64. The molecular formula is C16H18BrNO. The highest BCUT2D eigenvalue weighted by Crippen LogP contribution is 2.26. The number of methoxy groups -OCH3 is 1. The van der Waals surface area contributed by atoms with Crippen LogP contribution in [0, 0.1) is 13.8 Å². The van der Waals surface area contributed by atoms with Crippen molar-refractivity contribution in [1.29, 1.82) is 0 Å². The summed E-state index contributed by atoms with van der Waals surface area (Å²) in [4.78, 5) is 0. The molecule has 0 spiro atoms. The van der Waals surface area contributed by atoms with Crippen LogP contribution in [0.25, 0.3) is 0 Å². The van der Waals surface area contributed by atoms with E-state index >= 15 is 0 Å². The summed E-state index contributed by atoms with van der Waals surface area (Å²) >= 11 is 3.56. The van der Waals surface area contributed by atoms with Crippen LogP contribution in [-0.4, -0.2) is 7.11 Å². The summed E-state index contributed by atoms with van der Waals surface area (Å²) in [5.41, 5.74) is 4.70. The Labute approximate surface area is 122 Å². The highest BCUT2D eigenvalue weighted by atomic mass is 79.9. The SMILES string of the molecule is COc1cc(C)ccc1NCc1ccc(C)c(Br)c1. The van der Waals surface area contributed by atoms with Gasteiger partial charge in [0.1, 0.15) is 5.75 Å². The van der Waals surface area contributed by atoms with Gasteiger partial charge in [0, 0.05) is 11.0 Å². The zero-order chi connectivity index (χ0) is 13.8. The molecule has 0 atom stereocenters. The summed E-state index contributed by atoms with van der Waals surface area (Å²) in [5.74, 6) is 0.881. The molecule has 2 aromatic carbocycles. The van der Waals surface area contributed by atoms with Crippen molar-refractivity contribution in [2.45, 2.75) is 20.4 Å². The molecule has 2 rings (SSSR count). The molecule has 0 unspecified atom stereocenters. The van der Waals surface area contributed by atoms with Crippen molar-refractivity contribution in [2.75, 3.05) is 12.4 Å². The van der Waals surface area contributed by atoms with E-state index in [1.54, 1.807) is 7.11 Å². The molecular weight excluding hydrogens is 302 g/mol. The fourth-order valence-electron chi connectivity index (χ4n) is 1.89. The van der Waals surface area contributed by atoms with E-state index in [0.29, 0.717) is 0 Å². The zero-order valence-electron chi connectivity index (χ0n) is 11.5. The lowest BCUT2D eigenvalue weighted by atomic mass is 10.1. The minimum Gasteiger partial charge on any atom is -0.495 e. The first kappa shape index (κ1) is 13.9. The number of anilines is 1. The fraction of sp³-hybridized carbons (Fsp3) is 0.250. The smallest absolute Gasteiger partial charge is 0.142 e. The third kappa shape index (κ3) is 3.51. The molecule has 3 heteroatoms. The Bertz CT molecular complexity index is 581. The average Bonchev–Trinajstić information content (AvgIpc) is 2.41. The molecule has 0 radical (unpaired) electrons. The predicted octanol–water partition coefficient (Wildman–Crippen LogP) is 4.69. The van der Waals surface area contributed by atoms with Gasteiger partial charge in [-0.2, -0.15) is 0 Å². The number of rotatable bonds is 4. The Morgan fingerprint density at radius 1 is 1.11 bits per heavy atom. The Hall–Kier alpha value is -1.48. The van der Waals surface area contributed by atoms with Gasteiger partial charge < -0.3 is 10.1 Å². The van der Waals surface area contributed by atoms with E-state index in [4.69, 9.17) is 4.74 Å². The second kappa shape index (κ2) is 6.11. The summed E-state index contributed by atoms with van der Waals surface area (Å²) in [6, 6.07) is 12.6. The molecule has 0 aliphatic heterocycles. The van der Waals surface area contributed by atoms with Crippen molar-refractivity contribution in [2.24, 2.45) is 0 Å². The van der Waals surface area contributed by atoms with Crippen molar-refractivity contribution in [3.05, 3.63) is 57.6 Å². The van der Waals surface area contributed by atoms with Crippen LogP contribution in [0.4, 0.5) is 5.69 Å². The molecule has 2 aromatic rings. The monoisotopic (exact) mass is 319 g/mol. The molecule has 0 aliphatic rings. The van der Waals surface area contributed by atoms with Gasteiger partial charge in [0.25, 0.3) is 0 Å². The predicted molar refractivity (Wildman–Crippen MR) is 83.9 cm³/mol. The molecule has 0 bridgehead atoms. The molecule has 0 aromatic heterocycles. The average molecular weight is 320 g/mol. The van der Waals surface area contributed by atoms with E-state index < -0.39 is 0 Å². The highest BCUT2D eigenvalue weighted by molar-refractivity contribution is 9.10. The zero-order valence-corrected chi connectivity index (χ0v) is 13.0. The molecule has 1 N–H and O–H groups in total. The van der Waals surface area contributed by atoms with Crippen LogP contribution in [0.15, 0.2) is 40.9 Å². The Balaban J connectivity index is 2.12. The standard InChI is InChI=1S/C16H18BrNO/c1-11-4-7-15(16(8-11)19-3)18-10-13-6-5-12(2)14(17)9-13/h4-9,18H,10H2,1-3H3. The lowest BCUT2D eigenvalue weighted by Crippen LogP contribution is -2.01. The van der Waals surface area contributed by atoms with Crippen molar-refractivity contribution < 1.29 is 4.74 Å². The van der Waals surface area contributed by atoms with Crippen LogP contribution < -0.4 is 10.1 Å². The number of aryl methyl sites for hydroxylation is 2. The Morgan fingerprint density at radius 3 is 2.58 bits per heavy atom. The van der Waals surface area contributed by atoms with Gasteiger partial charge in [-0.25, -0.2) is 0 Å². The maximum Gasteiger partial charge on any atom is 0.142 e.